The van der Waals surface area contributed by atoms with Gasteiger partial charge in [-0.25, -0.2) is 0 Å². The van der Waals surface area contributed by atoms with Crippen molar-refractivity contribution in [1.82, 2.24) is 10.2 Å². The zero-order valence-electron chi connectivity index (χ0n) is 14.3. The summed E-state index contributed by atoms with van der Waals surface area (Å²) in [5, 5.41) is 11.9. The second kappa shape index (κ2) is 10.2. The molecule has 0 bridgehead atoms. The van der Waals surface area contributed by atoms with Crippen molar-refractivity contribution in [2.24, 2.45) is 0 Å². The SMILES string of the molecule is COCCCNC(=O)CN(C)C(=O)/C(C#N)=C\c1ccc(C)cc1. The molecule has 128 valence electrons. The second-order valence-corrected chi connectivity index (χ2v) is 5.44. The average molecular weight is 329 g/mol. The molecule has 2 amide bonds. The van der Waals surface area contributed by atoms with E-state index in [1.54, 1.807) is 7.11 Å². The number of likely N-dealkylation sites (N-methyl/N-ethyl adjacent to an activating group) is 1. The lowest BCUT2D eigenvalue weighted by Gasteiger charge is -2.16. The van der Waals surface area contributed by atoms with E-state index in [-0.39, 0.29) is 18.0 Å². The minimum absolute atomic E-state index is 0.00599. The Morgan fingerprint density at radius 1 is 1.33 bits per heavy atom. The number of carbonyl (C=O) groups is 2. The Morgan fingerprint density at radius 2 is 2.00 bits per heavy atom. The first-order valence-corrected chi connectivity index (χ1v) is 7.67. The molecule has 1 aromatic rings. The summed E-state index contributed by atoms with van der Waals surface area (Å²) in [5.74, 6) is -0.750. The molecule has 0 heterocycles. The van der Waals surface area contributed by atoms with Crippen molar-refractivity contribution < 1.29 is 14.3 Å². The third-order valence-corrected chi connectivity index (χ3v) is 3.31. The Labute approximate surface area is 142 Å². The molecule has 0 saturated heterocycles. The molecule has 0 atom stereocenters. The summed E-state index contributed by atoms with van der Waals surface area (Å²) in [4.78, 5) is 25.3. The van der Waals surface area contributed by atoms with Gasteiger partial charge >= 0.3 is 0 Å². The molecule has 0 radical (unpaired) electrons. The lowest BCUT2D eigenvalue weighted by molar-refractivity contribution is -0.131. The number of aryl methyl sites for hydroxylation is 1. The summed E-state index contributed by atoms with van der Waals surface area (Å²) in [6, 6.07) is 9.38. The maximum Gasteiger partial charge on any atom is 0.264 e. The molecule has 6 heteroatoms. The maximum absolute atomic E-state index is 12.3. The average Bonchev–Trinajstić information content (AvgIpc) is 2.57. The third kappa shape index (κ3) is 6.63. The van der Waals surface area contributed by atoms with Gasteiger partial charge in [0.1, 0.15) is 11.6 Å². The monoisotopic (exact) mass is 329 g/mol. The quantitative estimate of drug-likeness (QED) is 0.445. The Hall–Kier alpha value is -2.65. The largest absolute Gasteiger partial charge is 0.385 e. The lowest BCUT2D eigenvalue weighted by Crippen LogP contribution is -2.39. The van der Waals surface area contributed by atoms with Gasteiger partial charge in [0.2, 0.25) is 5.91 Å². The summed E-state index contributed by atoms with van der Waals surface area (Å²) in [5.41, 5.74) is 1.86. The van der Waals surface area contributed by atoms with Crippen LogP contribution in [0.5, 0.6) is 0 Å². The van der Waals surface area contributed by atoms with Crippen molar-refractivity contribution in [3.63, 3.8) is 0 Å². The van der Waals surface area contributed by atoms with Crippen molar-refractivity contribution in [2.45, 2.75) is 13.3 Å². The molecule has 1 N–H and O–H groups in total. The highest BCUT2D eigenvalue weighted by Crippen LogP contribution is 2.10. The topological polar surface area (TPSA) is 82.4 Å². The predicted molar refractivity (Wildman–Crippen MR) is 91.9 cm³/mol. The summed E-state index contributed by atoms with van der Waals surface area (Å²) < 4.78 is 4.89. The van der Waals surface area contributed by atoms with Gasteiger partial charge in [-0.15, -0.1) is 0 Å². The number of rotatable bonds is 8. The summed E-state index contributed by atoms with van der Waals surface area (Å²) in [7, 11) is 3.09. The van der Waals surface area contributed by atoms with Gasteiger partial charge in [-0.3, -0.25) is 9.59 Å². The van der Waals surface area contributed by atoms with E-state index < -0.39 is 5.91 Å². The second-order valence-electron chi connectivity index (χ2n) is 5.44. The molecule has 6 nitrogen and oxygen atoms in total. The Balaban J connectivity index is 2.63. The predicted octanol–water partition coefficient (Wildman–Crippen LogP) is 1.51. The van der Waals surface area contributed by atoms with Crippen molar-refractivity contribution in [1.29, 1.82) is 5.26 Å². The Bertz CT molecular complexity index is 630. The molecule has 0 spiro atoms. The highest BCUT2D eigenvalue weighted by molar-refractivity contribution is 6.02. The fourth-order valence-corrected chi connectivity index (χ4v) is 1.96. The molecule has 0 unspecified atom stereocenters. The van der Waals surface area contributed by atoms with Crippen LogP contribution >= 0.6 is 0 Å². The highest BCUT2D eigenvalue weighted by atomic mass is 16.5. The number of nitriles is 1. The normalized spacial score (nSPS) is 10.8. The smallest absolute Gasteiger partial charge is 0.264 e. The van der Waals surface area contributed by atoms with Crippen LogP contribution in [-0.2, 0) is 14.3 Å². The first-order chi connectivity index (χ1) is 11.5. The summed E-state index contributed by atoms with van der Waals surface area (Å²) >= 11 is 0. The molecular formula is C18H23N3O3. The Kier molecular flexibility index (Phi) is 8.23. The van der Waals surface area contributed by atoms with Crippen molar-refractivity contribution in [3.8, 4) is 6.07 Å². The minimum Gasteiger partial charge on any atom is -0.385 e. The fourth-order valence-electron chi connectivity index (χ4n) is 1.96. The van der Waals surface area contributed by atoms with Crippen molar-refractivity contribution in [3.05, 3.63) is 41.0 Å². The van der Waals surface area contributed by atoms with Gasteiger partial charge < -0.3 is 15.0 Å². The zero-order chi connectivity index (χ0) is 17.9. The van der Waals surface area contributed by atoms with Gasteiger partial charge in [-0.1, -0.05) is 29.8 Å². The van der Waals surface area contributed by atoms with Gasteiger partial charge in [0, 0.05) is 27.3 Å². The van der Waals surface area contributed by atoms with E-state index >= 15 is 0 Å². The first kappa shape index (κ1) is 19.4. The van der Waals surface area contributed by atoms with E-state index in [2.05, 4.69) is 5.32 Å². The van der Waals surface area contributed by atoms with E-state index in [0.717, 1.165) is 11.1 Å². The molecular weight excluding hydrogens is 306 g/mol. The van der Waals surface area contributed by atoms with Crippen LogP contribution in [0.1, 0.15) is 17.5 Å². The van der Waals surface area contributed by atoms with Gasteiger partial charge in [-0.2, -0.15) is 5.26 Å². The molecule has 0 fully saturated rings. The molecule has 0 saturated carbocycles. The standard InChI is InChI=1S/C18H23N3O3/c1-14-5-7-15(8-6-14)11-16(12-19)18(23)21(2)13-17(22)20-9-4-10-24-3/h5-8,11H,4,9-10,13H2,1-3H3,(H,20,22)/b16-11-. The number of hydrogen-bond acceptors (Lipinski definition) is 4. The number of nitrogens with zero attached hydrogens (tertiary/aromatic N) is 2. The van der Waals surface area contributed by atoms with E-state index in [1.165, 1.54) is 18.0 Å². The van der Waals surface area contributed by atoms with E-state index in [1.807, 2.05) is 37.3 Å². The van der Waals surface area contributed by atoms with Crippen LogP contribution in [0.2, 0.25) is 0 Å². The van der Waals surface area contributed by atoms with Crippen LogP contribution in [0.4, 0.5) is 0 Å². The Morgan fingerprint density at radius 3 is 2.58 bits per heavy atom. The van der Waals surface area contributed by atoms with Gasteiger partial charge in [0.15, 0.2) is 0 Å². The van der Waals surface area contributed by atoms with Crippen LogP contribution in [0, 0.1) is 18.3 Å². The summed E-state index contributed by atoms with van der Waals surface area (Å²) in [6.45, 7) is 2.91. The molecule has 1 rings (SSSR count). The van der Waals surface area contributed by atoms with E-state index in [9.17, 15) is 14.9 Å². The minimum atomic E-state index is -0.481. The highest BCUT2D eigenvalue weighted by Gasteiger charge is 2.17. The zero-order valence-corrected chi connectivity index (χ0v) is 14.3. The number of nitrogens with one attached hydrogen (secondary N) is 1. The third-order valence-electron chi connectivity index (χ3n) is 3.31. The number of carbonyl (C=O) groups excluding carboxylic acids is 2. The number of benzene rings is 1. The van der Waals surface area contributed by atoms with Crippen LogP contribution in [-0.4, -0.2) is 50.6 Å². The molecule has 1 aromatic carbocycles. The molecule has 0 aliphatic rings. The molecule has 0 aliphatic heterocycles. The maximum atomic E-state index is 12.3. The molecule has 24 heavy (non-hydrogen) atoms. The molecule has 0 aliphatic carbocycles. The van der Waals surface area contributed by atoms with Gasteiger partial charge in [0.25, 0.3) is 5.91 Å². The first-order valence-electron chi connectivity index (χ1n) is 7.67. The number of ether oxygens (including phenoxy) is 1. The van der Waals surface area contributed by atoms with Crippen LogP contribution in [0.25, 0.3) is 6.08 Å². The van der Waals surface area contributed by atoms with Crippen LogP contribution in [0.3, 0.4) is 0 Å². The van der Waals surface area contributed by atoms with Crippen LogP contribution < -0.4 is 5.32 Å². The summed E-state index contributed by atoms with van der Waals surface area (Å²) in [6.07, 6.45) is 2.23. The number of methoxy groups -OCH3 is 1. The fraction of sp³-hybridized carbons (Fsp3) is 0.389. The van der Waals surface area contributed by atoms with Gasteiger partial charge in [-0.05, 0) is 25.0 Å². The van der Waals surface area contributed by atoms with E-state index in [4.69, 9.17) is 4.74 Å². The molecule has 0 aromatic heterocycles. The van der Waals surface area contributed by atoms with Gasteiger partial charge in [0.05, 0.1) is 6.54 Å². The number of amides is 2. The van der Waals surface area contributed by atoms with Crippen LogP contribution in [0.15, 0.2) is 29.8 Å². The lowest BCUT2D eigenvalue weighted by atomic mass is 10.1. The van der Waals surface area contributed by atoms with Crippen molar-refractivity contribution in [2.75, 3.05) is 33.9 Å². The van der Waals surface area contributed by atoms with E-state index in [0.29, 0.717) is 19.6 Å². The van der Waals surface area contributed by atoms with Crippen molar-refractivity contribution >= 4 is 17.9 Å². The number of hydrogen-bond donors (Lipinski definition) is 1.